The van der Waals surface area contributed by atoms with Crippen molar-refractivity contribution in [3.8, 4) is 11.5 Å². The molecule has 2 heterocycles. The monoisotopic (exact) mass is 430 g/mol. The lowest BCUT2D eigenvalue weighted by Crippen LogP contribution is -2.40. The van der Waals surface area contributed by atoms with Crippen LogP contribution < -0.4 is 20.7 Å². The van der Waals surface area contributed by atoms with Gasteiger partial charge in [0.1, 0.15) is 0 Å². The third-order valence-electron chi connectivity index (χ3n) is 5.43. The molecule has 0 unspecified atom stereocenters. The summed E-state index contributed by atoms with van der Waals surface area (Å²) in [6, 6.07) is 18.8. The van der Waals surface area contributed by atoms with Crippen molar-refractivity contribution in [3.63, 3.8) is 0 Å². The Morgan fingerprint density at radius 1 is 0.844 bits per heavy atom. The molecule has 32 heavy (non-hydrogen) atoms. The molecule has 1 aromatic heterocycles. The summed E-state index contributed by atoms with van der Waals surface area (Å²) in [7, 11) is 0. The number of ether oxygens (including phenoxy) is 2. The minimum absolute atomic E-state index is 0.0193. The zero-order valence-electron chi connectivity index (χ0n) is 16.9. The minimum Gasteiger partial charge on any atom is -0.478 e. The van der Waals surface area contributed by atoms with Crippen LogP contribution in [0.3, 0.4) is 0 Å². The second-order valence-corrected chi connectivity index (χ2v) is 7.47. The van der Waals surface area contributed by atoms with Crippen LogP contribution in [0.2, 0.25) is 0 Å². The average molecular weight is 430 g/mol. The molecule has 3 aromatic carbocycles. The van der Waals surface area contributed by atoms with Crippen molar-refractivity contribution in [1.82, 2.24) is 9.13 Å². The third kappa shape index (κ3) is 3.41. The lowest BCUT2D eigenvalue weighted by Gasteiger charge is -2.15. The van der Waals surface area contributed by atoms with Crippen LogP contribution in [0, 0.1) is 0 Å². The van der Waals surface area contributed by atoms with Gasteiger partial charge in [-0.05, 0) is 41.5 Å². The van der Waals surface area contributed by atoms with Crippen molar-refractivity contribution in [3.05, 3.63) is 104 Å². The molecule has 0 amide bonds. The van der Waals surface area contributed by atoms with Gasteiger partial charge in [0, 0.05) is 0 Å². The fourth-order valence-electron chi connectivity index (χ4n) is 3.84. The number of carboxylic acid groups (broad SMARTS) is 1. The van der Waals surface area contributed by atoms with E-state index in [1.807, 2.05) is 36.4 Å². The van der Waals surface area contributed by atoms with Crippen molar-refractivity contribution < 1.29 is 19.4 Å². The van der Waals surface area contributed by atoms with Crippen molar-refractivity contribution in [2.45, 2.75) is 13.1 Å². The Morgan fingerprint density at radius 2 is 1.59 bits per heavy atom. The molecular formula is C24H18N2O6. The van der Waals surface area contributed by atoms with E-state index >= 15 is 0 Å². The molecule has 0 bridgehead atoms. The number of nitrogens with zero attached hydrogens (tertiary/aromatic N) is 2. The third-order valence-corrected chi connectivity index (χ3v) is 5.43. The van der Waals surface area contributed by atoms with Gasteiger partial charge in [-0.2, -0.15) is 0 Å². The highest BCUT2D eigenvalue weighted by Crippen LogP contribution is 2.32. The summed E-state index contributed by atoms with van der Waals surface area (Å²) < 4.78 is 13.4. The number of aromatic nitrogens is 2. The van der Waals surface area contributed by atoms with Crippen LogP contribution in [0.25, 0.3) is 10.9 Å². The quantitative estimate of drug-likeness (QED) is 0.523. The molecule has 8 nitrogen and oxygen atoms in total. The first-order chi connectivity index (χ1) is 15.5. The predicted molar refractivity (Wildman–Crippen MR) is 117 cm³/mol. The Labute approximate surface area is 181 Å². The number of fused-ring (bicyclic) bond motifs is 2. The number of carbonyl (C=O) groups is 1. The van der Waals surface area contributed by atoms with Gasteiger partial charge in [-0.25, -0.2) is 9.59 Å². The lowest BCUT2D eigenvalue weighted by molar-refractivity contribution is 0.0697. The molecule has 1 aliphatic heterocycles. The van der Waals surface area contributed by atoms with E-state index in [0.29, 0.717) is 17.0 Å². The van der Waals surface area contributed by atoms with E-state index in [-0.39, 0.29) is 30.8 Å². The highest BCUT2D eigenvalue weighted by Gasteiger charge is 2.18. The van der Waals surface area contributed by atoms with E-state index < -0.39 is 17.2 Å². The number of rotatable bonds is 5. The molecule has 1 aliphatic rings. The molecule has 0 fully saturated rings. The zero-order chi connectivity index (χ0) is 22.2. The standard InChI is InChI=1S/C24H18N2O6/c27-22-18-11-17(23(28)29)7-8-19(18)25(13-16-6-9-20-21(10-16)32-14-31-20)24(30)26(22)12-15-4-2-1-3-5-15/h1-11H,12-14H2,(H,28,29). The second-order valence-electron chi connectivity index (χ2n) is 7.47. The number of aromatic carboxylic acids is 1. The largest absolute Gasteiger partial charge is 0.478 e. The van der Waals surface area contributed by atoms with Crippen LogP contribution in [-0.4, -0.2) is 27.0 Å². The van der Waals surface area contributed by atoms with E-state index in [9.17, 15) is 19.5 Å². The molecule has 0 saturated carbocycles. The number of benzene rings is 3. The minimum atomic E-state index is -1.14. The highest BCUT2D eigenvalue weighted by molar-refractivity contribution is 5.93. The Morgan fingerprint density at radius 3 is 2.38 bits per heavy atom. The Hall–Kier alpha value is -4.33. The Balaban J connectivity index is 1.70. The molecule has 8 heteroatoms. The van der Waals surface area contributed by atoms with Gasteiger partial charge >= 0.3 is 11.7 Å². The summed E-state index contributed by atoms with van der Waals surface area (Å²) in [5.41, 5.74) is 0.909. The van der Waals surface area contributed by atoms with Gasteiger partial charge in [-0.3, -0.25) is 13.9 Å². The molecule has 0 aliphatic carbocycles. The maximum atomic E-state index is 13.4. The number of carboxylic acids is 1. The molecule has 4 aromatic rings. The lowest BCUT2D eigenvalue weighted by atomic mass is 10.1. The Kier molecular flexibility index (Phi) is 4.74. The maximum absolute atomic E-state index is 13.4. The van der Waals surface area contributed by atoms with E-state index in [0.717, 1.165) is 15.7 Å². The van der Waals surface area contributed by atoms with Crippen LogP contribution in [-0.2, 0) is 13.1 Å². The zero-order valence-corrected chi connectivity index (χ0v) is 16.9. The number of hydrogen-bond donors (Lipinski definition) is 1. The van der Waals surface area contributed by atoms with Gasteiger partial charge in [-0.15, -0.1) is 0 Å². The Bertz CT molecular complexity index is 1470. The maximum Gasteiger partial charge on any atom is 0.335 e. The topological polar surface area (TPSA) is 99.8 Å². The van der Waals surface area contributed by atoms with Crippen LogP contribution in [0.5, 0.6) is 11.5 Å². The van der Waals surface area contributed by atoms with Gasteiger partial charge in [0.15, 0.2) is 11.5 Å². The molecule has 1 N–H and O–H groups in total. The molecule has 5 rings (SSSR count). The summed E-state index contributed by atoms with van der Waals surface area (Å²) in [5, 5.41) is 9.55. The summed E-state index contributed by atoms with van der Waals surface area (Å²) in [6.07, 6.45) is 0. The average Bonchev–Trinajstić information content (AvgIpc) is 3.28. The van der Waals surface area contributed by atoms with Crippen LogP contribution in [0.1, 0.15) is 21.5 Å². The molecule has 0 saturated heterocycles. The molecule has 0 radical (unpaired) electrons. The fraction of sp³-hybridized carbons (Fsp3) is 0.125. The second kappa shape index (κ2) is 7.73. The van der Waals surface area contributed by atoms with Crippen molar-refractivity contribution in [2.75, 3.05) is 6.79 Å². The number of hydrogen-bond acceptors (Lipinski definition) is 5. The molecular weight excluding hydrogens is 412 g/mol. The SMILES string of the molecule is O=C(O)c1ccc2c(c1)c(=O)n(Cc1ccccc1)c(=O)n2Cc1ccc2c(c1)OCO2. The normalized spacial score (nSPS) is 12.2. The summed E-state index contributed by atoms with van der Waals surface area (Å²) in [4.78, 5) is 38.1. The van der Waals surface area contributed by atoms with Gasteiger partial charge < -0.3 is 14.6 Å². The molecule has 0 spiro atoms. The highest BCUT2D eigenvalue weighted by atomic mass is 16.7. The van der Waals surface area contributed by atoms with E-state index in [4.69, 9.17) is 9.47 Å². The van der Waals surface area contributed by atoms with E-state index in [1.54, 1.807) is 12.1 Å². The predicted octanol–water partition coefficient (Wildman–Crippen LogP) is 2.69. The van der Waals surface area contributed by atoms with Gasteiger partial charge in [-0.1, -0.05) is 36.4 Å². The summed E-state index contributed by atoms with van der Waals surface area (Å²) in [5.74, 6) is 0.0751. The van der Waals surface area contributed by atoms with Crippen LogP contribution in [0.4, 0.5) is 0 Å². The summed E-state index contributed by atoms with van der Waals surface area (Å²) >= 11 is 0. The van der Waals surface area contributed by atoms with Gasteiger partial charge in [0.2, 0.25) is 6.79 Å². The summed E-state index contributed by atoms with van der Waals surface area (Å²) in [6.45, 7) is 0.391. The first-order valence-corrected chi connectivity index (χ1v) is 9.94. The van der Waals surface area contributed by atoms with Crippen LogP contribution >= 0.6 is 0 Å². The molecule has 160 valence electrons. The van der Waals surface area contributed by atoms with E-state index in [2.05, 4.69) is 0 Å². The van der Waals surface area contributed by atoms with Crippen LogP contribution in [0.15, 0.2) is 76.3 Å². The van der Waals surface area contributed by atoms with Crippen molar-refractivity contribution in [1.29, 1.82) is 0 Å². The van der Waals surface area contributed by atoms with E-state index in [1.165, 1.54) is 22.8 Å². The van der Waals surface area contributed by atoms with Crippen molar-refractivity contribution in [2.24, 2.45) is 0 Å². The fourth-order valence-corrected chi connectivity index (χ4v) is 3.84. The van der Waals surface area contributed by atoms with Gasteiger partial charge in [0.25, 0.3) is 5.56 Å². The van der Waals surface area contributed by atoms with Gasteiger partial charge in [0.05, 0.1) is 29.6 Å². The molecule has 0 atom stereocenters. The first-order valence-electron chi connectivity index (χ1n) is 9.94. The van der Waals surface area contributed by atoms with Crippen molar-refractivity contribution >= 4 is 16.9 Å². The smallest absolute Gasteiger partial charge is 0.335 e. The first kappa shape index (κ1) is 19.6.